The molecule has 3 aromatic carbocycles. The molecule has 3 rings (SSSR count). The Hall–Kier alpha value is -4.18. The largest absolute Gasteiger partial charge is 0.495 e. The zero-order valence-electron chi connectivity index (χ0n) is 18.1. The molecule has 0 atom stereocenters. The third-order valence-electron chi connectivity index (χ3n) is 4.50. The van der Waals surface area contributed by atoms with E-state index in [0.717, 1.165) is 29.8 Å². The molecule has 0 radical (unpaired) electrons. The van der Waals surface area contributed by atoms with E-state index in [1.165, 1.54) is 31.4 Å². The lowest BCUT2D eigenvalue weighted by Gasteiger charge is -2.14. The van der Waals surface area contributed by atoms with Crippen LogP contribution in [0.25, 0.3) is 6.08 Å². The third kappa shape index (κ3) is 6.91. The number of nitrogens with one attached hydrogen (secondary N) is 3. The summed E-state index contributed by atoms with van der Waals surface area (Å²) >= 11 is 0. The van der Waals surface area contributed by atoms with E-state index in [0.29, 0.717) is 0 Å². The van der Waals surface area contributed by atoms with Crippen molar-refractivity contribution >= 4 is 39.3 Å². The number of hydrogen-bond donors (Lipinski definition) is 3. The fourth-order valence-corrected chi connectivity index (χ4v) is 3.91. The lowest BCUT2D eigenvalue weighted by molar-refractivity contribution is -0.121. The first-order valence-electron chi connectivity index (χ1n) is 10.0. The first-order valence-corrected chi connectivity index (χ1v) is 11.5. The number of carbonyl (C=O) groups is 2. The Morgan fingerprint density at radius 2 is 1.71 bits per heavy atom. The van der Waals surface area contributed by atoms with Crippen molar-refractivity contribution in [1.29, 1.82) is 0 Å². The molecule has 0 spiro atoms. The molecule has 0 aliphatic heterocycles. The summed E-state index contributed by atoms with van der Waals surface area (Å²) in [5, 5.41) is 5.05. The van der Waals surface area contributed by atoms with E-state index < -0.39 is 27.7 Å². The van der Waals surface area contributed by atoms with E-state index in [9.17, 15) is 22.4 Å². The quantitative estimate of drug-likeness (QED) is 0.404. The highest BCUT2D eigenvalue weighted by Crippen LogP contribution is 2.30. The smallest absolute Gasteiger partial charge is 0.262 e. The van der Waals surface area contributed by atoms with Crippen LogP contribution in [0.1, 0.15) is 5.56 Å². The van der Waals surface area contributed by atoms with Gasteiger partial charge in [0.2, 0.25) is 11.8 Å². The van der Waals surface area contributed by atoms with Gasteiger partial charge in [-0.2, -0.15) is 0 Å². The summed E-state index contributed by atoms with van der Waals surface area (Å²) in [6, 6.07) is 17.9. The molecule has 0 aliphatic rings. The van der Waals surface area contributed by atoms with Gasteiger partial charge >= 0.3 is 0 Å². The summed E-state index contributed by atoms with van der Waals surface area (Å²) in [5.41, 5.74) is 1.19. The van der Waals surface area contributed by atoms with Crippen LogP contribution in [-0.2, 0) is 19.6 Å². The zero-order chi connectivity index (χ0) is 24.6. The highest BCUT2D eigenvalue weighted by atomic mass is 32.2. The van der Waals surface area contributed by atoms with Gasteiger partial charge in [-0.05, 0) is 54.1 Å². The van der Waals surface area contributed by atoms with Gasteiger partial charge in [-0.1, -0.05) is 30.3 Å². The van der Waals surface area contributed by atoms with Crippen LogP contribution in [0, 0.1) is 5.82 Å². The Labute approximate surface area is 196 Å². The summed E-state index contributed by atoms with van der Waals surface area (Å²) < 4.78 is 45.9. The molecule has 34 heavy (non-hydrogen) atoms. The van der Waals surface area contributed by atoms with Gasteiger partial charge in [-0.25, -0.2) is 12.8 Å². The van der Waals surface area contributed by atoms with Gasteiger partial charge in [0.15, 0.2) is 0 Å². The van der Waals surface area contributed by atoms with Crippen molar-refractivity contribution in [3.05, 3.63) is 90.3 Å². The van der Waals surface area contributed by atoms with E-state index in [4.69, 9.17) is 4.74 Å². The van der Waals surface area contributed by atoms with Crippen molar-refractivity contribution in [3.63, 3.8) is 0 Å². The maximum atomic E-state index is 13.1. The summed E-state index contributed by atoms with van der Waals surface area (Å²) in [6.07, 6.45) is 2.94. The number of benzene rings is 3. The molecule has 176 valence electrons. The monoisotopic (exact) mass is 483 g/mol. The van der Waals surface area contributed by atoms with Crippen molar-refractivity contribution in [2.45, 2.75) is 4.90 Å². The van der Waals surface area contributed by atoms with Crippen molar-refractivity contribution in [1.82, 2.24) is 5.32 Å². The first-order chi connectivity index (χ1) is 16.3. The van der Waals surface area contributed by atoms with E-state index in [-0.39, 0.29) is 28.6 Å². The van der Waals surface area contributed by atoms with Crippen LogP contribution in [0.3, 0.4) is 0 Å². The number of ether oxygens (including phenoxy) is 1. The van der Waals surface area contributed by atoms with Gasteiger partial charge in [-0.15, -0.1) is 0 Å². The maximum Gasteiger partial charge on any atom is 0.262 e. The normalized spacial score (nSPS) is 11.1. The minimum atomic E-state index is -4.03. The topological polar surface area (TPSA) is 114 Å². The zero-order valence-corrected chi connectivity index (χ0v) is 18.9. The highest BCUT2D eigenvalue weighted by Gasteiger charge is 2.17. The molecule has 3 N–H and O–H groups in total. The standard InChI is InChI=1S/C24H22FN3O5S/c1-33-22-13-10-19(15-21(22)28-34(31,32)20-11-8-18(25)9-12-20)27-24(30)16-26-23(29)14-7-17-5-3-2-4-6-17/h2-15,28H,16H2,1H3,(H,26,29)(H,27,30). The second kappa shape index (κ2) is 11.1. The second-order valence-corrected chi connectivity index (χ2v) is 8.67. The fraction of sp³-hybridized carbons (Fsp3) is 0.0833. The minimum absolute atomic E-state index is 0.0689. The van der Waals surface area contributed by atoms with Crippen LogP contribution < -0.4 is 20.1 Å². The number of hydrogen-bond acceptors (Lipinski definition) is 5. The van der Waals surface area contributed by atoms with Gasteiger partial charge in [-0.3, -0.25) is 14.3 Å². The predicted molar refractivity (Wildman–Crippen MR) is 127 cm³/mol. The number of rotatable bonds is 9. The molecule has 0 heterocycles. The molecular weight excluding hydrogens is 461 g/mol. The summed E-state index contributed by atoms with van der Waals surface area (Å²) in [6.45, 7) is -0.291. The van der Waals surface area contributed by atoms with Gasteiger partial charge in [0.05, 0.1) is 24.2 Å². The molecule has 0 aliphatic carbocycles. The number of halogens is 1. The SMILES string of the molecule is COc1ccc(NC(=O)CNC(=O)C=Cc2ccccc2)cc1NS(=O)(=O)c1ccc(F)cc1. The van der Waals surface area contributed by atoms with Crippen molar-refractivity contribution in [3.8, 4) is 5.75 Å². The van der Waals surface area contributed by atoms with Crippen LogP contribution in [-0.4, -0.2) is 33.9 Å². The molecule has 0 bridgehead atoms. The van der Waals surface area contributed by atoms with Crippen molar-refractivity contribution in [2.75, 3.05) is 23.7 Å². The molecule has 0 saturated carbocycles. The number of carbonyl (C=O) groups excluding carboxylic acids is 2. The number of methoxy groups -OCH3 is 1. The summed E-state index contributed by atoms with van der Waals surface area (Å²) in [5.74, 6) is -1.31. The Balaban J connectivity index is 1.63. The molecule has 2 amide bonds. The lowest BCUT2D eigenvalue weighted by atomic mass is 10.2. The van der Waals surface area contributed by atoms with Crippen LogP contribution in [0.2, 0.25) is 0 Å². The van der Waals surface area contributed by atoms with E-state index >= 15 is 0 Å². The lowest BCUT2D eigenvalue weighted by Crippen LogP contribution is -2.31. The Morgan fingerprint density at radius 3 is 2.38 bits per heavy atom. The highest BCUT2D eigenvalue weighted by molar-refractivity contribution is 7.92. The molecule has 0 saturated heterocycles. The molecule has 0 fully saturated rings. The average molecular weight is 484 g/mol. The Morgan fingerprint density at radius 1 is 1.00 bits per heavy atom. The fourth-order valence-electron chi connectivity index (χ4n) is 2.85. The van der Waals surface area contributed by atoms with Crippen LogP contribution in [0.4, 0.5) is 15.8 Å². The number of anilines is 2. The van der Waals surface area contributed by atoms with Crippen molar-refractivity contribution in [2.24, 2.45) is 0 Å². The van der Waals surface area contributed by atoms with Gasteiger partial charge in [0, 0.05) is 11.8 Å². The molecule has 0 unspecified atom stereocenters. The van der Waals surface area contributed by atoms with Gasteiger partial charge < -0.3 is 15.4 Å². The summed E-state index contributed by atoms with van der Waals surface area (Å²) in [7, 11) is -2.67. The van der Waals surface area contributed by atoms with E-state index in [1.807, 2.05) is 30.3 Å². The van der Waals surface area contributed by atoms with Gasteiger partial charge in [0.25, 0.3) is 10.0 Å². The Kier molecular flexibility index (Phi) is 7.99. The van der Waals surface area contributed by atoms with Gasteiger partial charge in [0.1, 0.15) is 11.6 Å². The predicted octanol–water partition coefficient (Wildman–Crippen LogP) is 3.40. The maximum absolute atomic E-state index is 13.1. The molecule has 3 aromatic rings. The Bertz CT molecular complexity index is 1290. The minimum Gasteiger partial charge on any atom is -0.495 e. The number of sulfonamides is 1. The van der Waals surface area contributed by atoms with Crippen LogP contribution in [0.15, 0.2) is 83.8 Å². The summed E-state index contributed by atoms with van der Waals surface area (Å²) in [4.78, 5) is 24.0. The second-order valence-electron chi connectivity index (χ2n) is 6.98. The van der Waals surface area contributed by atoms with E-state index in [2.05, 4.69) is 15.4 Å². The van der Waals surface area contributed by atoms with Crippen LogP contribution in [0.5, 0.6) is 5.75 Å². The van der Waals surface area contributed by atoms with Crippen molar-refractivity contribution < 1.29 is 27.1 Å². The third-order valence-corrected chi connectivity index (χ3v) is 5.88. The first kappa shape index (κ1) is 24.5. The molecule has 10 heteroatoms. The average Bonchev–Trinajstić information content (AvgIpc) is 2.82. The molecular formula is C24H22FN3O5S. The van der Waals surface area contributed by atoms with E-state index in [1.54, 1.807) is 6.08 Å². The molecule has 0 aromatic heterocycles. The van der Waals surface area contributed by atoms with Crippen LogP contribution >= 0.6 is 0 Å². The molecule has 8 nitrogen and oxygen atoms in total. The number of amides is 2.